The van der Waals surface area contributed by atoms with Gasteiger partial charge >= 0.3 is 5.97 Å². The molecule has 0 unspecified atom stereocenters. The molecular formula is C8H8ClNO3. The fourth-order valence-corrected chi connectivity index (χ4v) is 0.892. The SMILES string of the molecule is CCOC(=O)c1cc(Cl)c(O)cn1. The van der Waals surface area contributed by atoms with Crippen molar-refractivity contribution in [3.63, 3.8) is 0 Å². The van der Waals surface area contributed by atoms with Gasteiger partial charge in [0.05, 0.1) is 17.8 Å². The molecule has 5 heteroatoms. The molecule has 1 aromatic rings. The zero-order valence-corrected chi connectivity index (χ0v) is 7.71. The number of ether oxygens (including phenoxy) is 1. The van der Waals surface area contributed by atoms with Gasteiger partial charge in [0.15, 0.2) is 5.75 Å². The number of aromatic nitrogens is 1. The molecule has 70 valence electrons. The fourth-order valence-electron chi connectivity index (χ4n) is 0.740. The number of nitrogens with zero attached hydrogens (tertiary/aromatic N) is 1. The second-order valence-electron chi connectivity index (χ2n) is 2.24. The summed E-state index contributed by atoms with van der Waals surface area (Å²) in [6, 6.07) is 1.26. The highest BCUT2D eigenvalue weighted by Gasteiger charge is 2.10. The van der Waals surface area contributed by atoms with E-state index in [0.29, 0.717) is 0 Å². The second kappa shape index (κ2) is 4.09. The molecule has 13 heavy (non-hydrogen) atoms. The van der Waals surface area contributed by atoms with Gasteiger partial charge in [-0.15, -0.1) is 0 Å². The van der Waals surface area contributed by atoms with Crippen LogP contribution >= 0.6 is 11.6 Å². The Bertz CT molecular complexity index is 327. The highest BCUT2D eigenvalue weighted by atomic mass is 35.5. The number of hydrogen-bond donors (Lipinski definition) is 1. The van der Waals surface area contributed by atoms with Gasteiger partial charge in [0.2, 0.25) is 0 Å². The van der Waals surface area contributed by atoms with Crippen molar-refractivity contribution in [3.05, 3.63) is 23.0 Å². The fraction of sp³-hybridized carbons (Fsp3) is 0.250. The summed E-state index contributed by atoms with van der Waals surface area (Å²) in [7, 11) is 0. The van der Waals surface area contributed by atoms with E-state index in [4.69, 9.17) is 16.7 Å². The van der Waals surface area contributed by atoms with Gasteiger partial charge in [-0.05, 0) is 13.0 Å². The third kappa shape index (κ3) is 2.32. The Morgan fingerprint density at radius 1 is 1.77 bits per heavy atom. The van der Waals surface area contributed by atoms with Crippen LogP contribution in [0.1, 0.15) is 17.4 Å². The van der Waals surface area contributed by atoms with Crippen LogP contribution in [0.3, 0.4) is 0 Å². The third-order valence-electron chi connectivity index (χ3n) is 1.32. The van der Waals surface area contributed by atoms with Crippen molar-refractivity contribution in [1.82, 2.24) is 4.98 Å². The summed E-state index contributed by atoms with van der Waals surface area (Å²) in [5.41, 5.74) is 0.0876. The number of carbonyl (C=O) groups is 1. The predicted octanol–water partition coefficient (Wildman–Crippen LogP) is 1.62. The Morgan fingerprint density at radius 2 is 2.46 bits per heavy atom. The summed E-state index contributed by atoms with van der Waals surface area (Å²) in [6.07, 6.45) is 1.11. The van der Waals surface area contributed by atoms with Crippen LogP contribution in [0.2, 0.25) is 5.02 Å². The van der Waals surface area contributed by atoms with Crippen molar-refractivity contribution in [2.45, 2.75) is 6.92 Å². The second-order valence-corrected chi connectivity index (χ2v) is 2.65. The van der Waals surface area contributed by atoms with E-state index in [1.165, 1.54) is 6.07 Å². The maximum Gasteiger partial charge on any atom is 0.356 e. The molecule has 0 saturated heterocycles. The Hall–Kier alpha value is -1.29. The Morgan fingerprint density at radius 3 is 3.00 bits per heavy atom. The lowest BCUT2D eigenvalue weighted by Gasteiger charge is -2.01. The lowest BCUT2D eigenvalue weighted by Crippen LogP contribution is -2.06. The molecule has 0 aromatic carbocycles. The monoisotopic (exact) mass is 201 g/mol. The molecule has 1 aromatic heterocycles. The van der Waals surface area contributed by atoms with Gasteiger partial charge < -0.3 is 9.84 Å². The maximum absolute atomic E-state index is 11.1. The molecule has 0 aliphatic rings. The van der Waals surface area contributed by atoms with E-state index in [1.54, 1.807) is 6.92 Å². The molecule has 0 fully saturated rings. The van der Waals surface area contributed by atoms with Crippen LogP contribution in [0.15, 0.2) is 12.3 Å². The Kier molecular flexibility index (Phi) is 3.08. The molecule has 0 atom stereocenters. The van der Waals surface area contributed by atoms with E-state index in [0.717, 1.165) is 6.20 Å². The van der Waals surface area contributed by atoms with Crippen LogP contribution in [0.5, 0.6) is 5.75 Å². The van der Waals surface area contributed by atoms with Crippen molar-refractivity contribution in [2.24, 2.45) is 0 Å². The number of carbonyl (C=O) groups excluding carboxylic acids is 1. The van der Waals surface area contributed by atoms with Crippen molar-refractivity contribution in [3.8, 4) is 5.75 Å². The van der Waals surface area contributed by atoms with Crippen molar-refractivity contribution in [1.29, 1.82) is 0 Å². The van der Waals surface area contributed by atoms with E-state index < -0.39 is 5.97 Å². The molecule has 0 bridgehead atoms. The van der Waals surface area contributed by atoms with Gasteiger partial charge in [0.1, 0.15) is 5.69 Å². The van der Waals surface area contributed by atoms with Gasteiger partial charge in [0, 0.05) is 0 Å². The lowest BCUT2D eigenvalue weighted by molar-refractivity contribution is 0.0519. The van der Waals surface area contributed by atoms with Crippen molar-refractivity contribution in [2.75, 3.05) is 6.61 Å². The summed E-state index contributed by atoms with van der Waals surface area (Å²) in [6.45, 7) is 1.97. The van der Waals surface area contributed by atoms with Crippen molar-refractivity contribution < 1.29 is 14.6 Å². The number of rotatable bonds is 2. The average molecular weight is 202 g/mol. The largest absolute Gasteiger partial charge is 0.505 e. The summed E-state index contributed by atoms with van der Waals surface area (Å²) in [4.78, 5) is 14.7. The number of aromatic hydroxyl groups is 1. The minimum Gasteiger partial charge on any atom is -0.505 e. The predicted molar refractivity (Wildman–Crippen MR) is 46.9 cm³/mol. The minimum atomic E-state index is -0.551. The molecule has 0 aliphatic carbocycles. The van der Waals surface area contributed by atoms with E-state index >= 15 is 0 Å². The van der Waals surface area contributed by atoms with Crippen molar-refractivity contribution >= 4 is 17.6 Å². The first-order chi connectivity index (χ1) is 6.15. The zero-order chi connectivity index (χ0) is 9.84. The molecule has 0 saturated carbocycles. The van der Waals surface area contributed by atoms with Gasteiger partial charge in [-0.1, -0.05) is 11.6 Å². The molecule has 0 aliphatic heterocycles. The standard InChI is InChI=1S/C8H8ClNO3/c1-2-13-8(12)6-3-5(9)7(11)4-10-6/h3-4,11H,2H2,1H3. The number of pyridine rings is 1. The van der Waals surface area contributed by atoms with E-state index in [9.17, 15) is 4.79 Å². The van der Waals surface area contributed by atoms with Crippen LogP contribution in [0.25, 0.3) is 0 Å². The maximum atomic E-state index is 11.1. The van der Waals surface area contributed by atoms with Crippen LogP contribution in [0.4, 0.5) is 0 Å². The third-order valence-corrected chi connectivity index (χ3v) is 1.62. The number of esters is 1. The Labute approximate surface area is 80.1 Å². The lowest BCUT2D eigenvalue weighted by atomic mass is 10.3. The van der Waals surface area contributed by atoms with Gasteiger partial charge in [-0.3, -0.25) is 0 Å². The molecule has 0 radical (unpaired) electrons. The molecule has 1 N–H and O–H groups in total. The zero-order valence-electron chi connectivity index (χ0n) is 6.95. The average Bonchev–Trinajstić information content (AvgIpc) is 2.10. The van der Waals surface area contributed by atoms with Gasteiger partial charge in [-0.25, -0.2) is 9.78 Å². The highest BCUT2D eigenvalue weighted by molar-refractivity contribution is 6.32. The summed E-state index contributed by atoms with van der Waals surface area (Å²) < 4.78 is 4.68. The van der Waals surface area contributed by atoms with Crippen LogP contribution < -0.4 is 0 Å². The summed E-state index contributed by atoms with van der Waals surface area (Å²) >= 11 is 5.56. The molecular weight excluding hydrogens is 194 g/mol. The van der Waals surface area contributed by atoms with Crippen LogP contribution in [0, 0.1) is 0 Å². The first-order valence-electron chi connectivity index (χ1n) is 3.66. The quantitative estimate of drug-likeness (QED) is 0.739. The first-order valence-corrected chi connectivity index (χ1v) is 4.04. The number of halogens is 1. The van der Waals surface area contributed by atoms with E-state index in [1.807, 2.05) is 0 Å². The molecule has 1 rings (SSSR count). The van der Waals surface area contributed by atoms with Gasteiger partial charge in [-0.2, -0.15) is 0 Å². The molecule has 1 heterocycles. The smallest absolute Gasteiger partial charge is 0.356 e. The highest BCUT2D eigenvalue weighted by Crippen LogP contribution is 2.21. The van der Waals surface area contributed by atoms with Crippen LogP contribution in [-0.4, -0.2) is 22.7 Å². The van der Waals surface area contributed by atoms with E-state index in [-0.39, 0.29) is 23.1 Å². The molecule has 0 amide bonds. The first kappa shape index (κ1) is 9.80. The summed E-state index contributed by atoms with van der Waals surface area (Å²) in [5, 5.41) is 9.09. The molecule has 0 spiro atoms. The topological polar surface area (TPSA) is 59.4 Å². The number of hydrogen-bond acceptors (Lipinski definition) is 4. The van der Waals surface area contributed by atoms with Gasteiger partial charge in [0.25, 0.3) is 0 Å². The summed E-state index contributed by atoms with van der Waals surface area (Å²) in [5.74, 6) is -0.709. The normalized spacial score (nSPS) is 9.69. The Balaban J connectivity index is 2.90. The van der Waals surface area contributed by atoms with E-state index in [2.05, 4.69) is 9.72 Å². The molecule has 4 nitrogen and oxygen atoms in total. The minimum absolute atomic E-state index is 0.0815. The van der Waals surface area contributed by atoms with Crippen LogP contribution in [-0.2, 0) is 4.74 Å².